The quantitative estimate of drug-likeness (QED) is 0.158. The lowest BCUT2D eigenvalue weighted by Crippen LogP contribution is -2.58. The molecule has 0 aromatic heterocycles. The highest BCUT2D eigenvalue weighted by molar-refractivity contribution is 5.92. The Balaban J connectivity index is 1.00. The number of morpholine rings is 2. The van der Waals surface area contributed by atoms with Crippen molar-refractivity contribution in [3.8, 4) is 0 Å². The van der Waals surface area contributed by atoms with Crippen molar-refractivity contribution in [2.24, 2.45) is 0 Å². The van der Waals surface area contributed by atoms with E-state index in [1.54, 1.807) is 0 Å². The molecule has 6 rings (SSSR count). The summed E-state index contributed by atoms with van der Waals surface area (Å²) in [4.78, 5) is 85.5. The van der Waals surface area contributed by atoms with Crippen LogP contribution in [0.4, 0.5) is 9.59 Å². The summed E-state index contributed by atoms with van der Waals surface area (Å²) >= 11 is 0. The molecule has 6 N–H and O–H groups in total. The molecule has 6 atom stereocenters. The van der Waals surface area contributed by atoms with Crippen LogP contribution in [0.15, 0.2) is 0 Å². The van der Waals surface area contributed by atoms with Crippen molar-refractivity contribution in [3.05, 3.63) is 0 Å². The topological polar surface area (TPSA) is 215 Å². The minimum Gasteiger partial charge on any atom is -0.378 e. The van der Waals surface area contributed by atoms with Crippen LogP contribution in [0.25, 0.3) is 0 Å². The Morgan fingerprint density at radius 1 is 0.651 bits per heavy atom. The second-order valence-corrected chi connectivity index (χ2v) is 11.2. The maximum absolute atomic E-state index is 13.3. The zero-order valence-corrected chi connectivity index (χ0v) is 23.4. The van der Waals surface area contributed by atoms with Crippen molar-refractivity contribution >= 4 is 35.7 Å². The minimum absolute atomic E-state index is 0.188. The van der Waals surface area contributed by atoms with E-state index in [1.165, 1.54) is 9.80 Å². The molecule has 236 valence electrons. The number of hydrazine groups is 2. The first-order valence-corrected chi connectivity index (χ1v) is 14.5. The average molecular weight is 609 g/mol. The van der Waals surface area contributed by atoms with Crippen molar-refractivity contribution in [3.63, 3.8) is 0 Å². The van der Waals surface area contributed by atoms with Gasteiger partial charge in [-0.3, -0.25) is 40.9 Å². The van der Waals surface area contributed by atoms with E-state index in [4.69, 9.17) is 14.4 Å². The Morgan fingerprint density at radius 3 is 1.47 bits per heavy atom. The molecule has 43 heavy (non-hydrogen) atoms. The molecule has 4 bridgehead atoms. The molecule has 19 nitrogen and oxygen atoms in total. The van der Waals surface area contributed by atoms with Gasteiger partial charge in [-0.05, 0) is 25.7 Å². The second-order valence-electron chi connectivity index (χ2n) is 11.2. The van der Waals surface area contributed by atoms with Gasteiger partial charge in [-0.15, -0.1) is 4.94 Å². The molecule has 0 spiro atoms. The Labute approximate surface area is 246 Å². The fourth-order valence-electron chi connectivity index (χ4n) is 6.17. The first-order valence-electron chi connectivity index (χ1n) is 14.5. The van der Waals surface area contributed by atoms with Crippen molar-refractivity contribution < 1.29 is 43.2 Å². The van der Waals surface area contributed by atoms with Crippen LogP contribution in [0.5, 0.6) is 0 Å². The lowest BCUT2D eigenvalue weighted by molar-refractivity contribution is -0.284. The summed E-state index contributed by atoms with van der Waals surface area (Å²) < 4.78 is 10.5. The number of hydroxylamine groups is 4. The van der Waals surface area contributed by atoms with Crippen LogP contribution in [0.2, 0.25) is 0 Å². The number of rotatable bonds is 6. The third-order valence-electron chi connectivity index (χ3n) is 8.52. The zero-order chi connectivity index (χ0) is 30.1. The molecule has 0 unspecified atom stereocenters. The third-order valence-corrected chi connectivity index (χ3v) is 8.52. The smallest absolute Gasteiger partial charge is 0.347 e. The normalized spacial score (nSPS) is 32.0. The van der Waals surface area contributed by atoms with Gasteiger partial charge in [-0.2, -0.15) is 10.1 Å². The monoisotopic (exact) mass is 608 g/mol. The largest absolute Gasteiger partial charge is 0.378 e. The van der Waals surface area contributed by atoms with Crippen LogP contribution < -0.4 is 32.3 Å². The Hall–Kier alpha value is -3.78. The molecule has 6 fully saturated rings. The van der Waals surface area contributed by atoms with Crippen LogP contribution in [-0.4, -0.2) is 144 Å². The highest BCUT2D eigenvalue weighted by Gasteiger charge is 2.53. The molecule has 0 aliphatic carbocycles. The van der Waals surface area contributed by atoms with E-state index in [0.717, 1.165) is 10.1 Å². The molecule has 6 saturated heterocycles. The van der Waals surface area contributed by atoms with Crippen molar-refractivity contribution in [1.82, 2.24) is 52.3 Å². The summed E-state index contributed by atoms with van der Waals surface area (Å²) in [6, 6.07) is -4.75. The second kappa shape index (κ2) is 12.4. The number of piperidine rings is 2. The summed E-state index contributed by atoms with van der Waals surface area (Å²) in [7, 11) is 0. The SMILES string of the molecule is O=C(NNC(=O)[C@H]1CC[C@@H]2CN1C(=O)N2ON1C(=O)N2C[C@H]1CC[C@@H]2C(=O)NNC(=O)[C@@H]1COCCN1)[C@@H]1COCCN1. The van der Waals surface area contributed by atoms with Crippen molar-refractivity contribution in [2.75, 3.05) is 52.6 Å². The number of hydrogen-bond acceptors (Lipinski definition) is 11. The van der Waals surface area contributed by atoms with E-state index >= 15 is 0 Å². The number of urea groups is 2. The van der Waals surface area contributed by atoms with Crippen molar-refractivity contribution in [1.29, 1.82) is 0 Å². The van der Waals surface area contributed by atoms with Crippen molar-refractivity contribution in [2.45, 2.75) is 61.9 Å². The summed E-state index contributed by atoms with van der Waals surface area (Å²) in [5.74, 6) is -1.96. The molecule has 0 aromatic carbocycles. The maximum Gasteiger partial charge on any atom is 0.347 e. The van der Waals surface area contributed by atoms with Gasteiger partial charge in [-0.1, -0.05) is 0 Å². The first-order chi connectivity index (χ1) is 20.8. The van der Waals surface area contributed by atoms with Crippen LogP contribution in [0.3, 0.4) is 0 Å². The van der Waals surface area contributed by atoms with E-state index in [0.29, 0.717) is 52.0 Å². The summed E-state index contributed by atoms with van der Waals surface area (Å²) in [6.45, 7) is 2.85. The first kappa shape index (κ1) is 29.3. The Kier molecular flexibility index (Phi) is 8.48. The van der Waals surface area contributed by atoms with Gasteiger partial charge in [0.1, 0.15) is 24.2 Å². The Morgan fingerprint density at radius 2 is 1.07 bits per heavy atom. The minimum atomic E-state index is -0.830. The van der Waals surface area contributed by atoms with E-state index in [-0.39, 0.29) is 38.4 Å². The molecule has 0 aromatic rings. The fourth-order valence-corrected chi connectivity index (χ4v) is 6.17. The van der Waals surface area contributed by atoms with Gasteiger partial charge in [0.2, 0.25) is 0 Å². The lowest BCUT2D eigenvalue weighted by atomic mass is 10.0. The standard InChI is InChI=1S/C24H36N10O9/c35-19(15-11-41-7-5-25-15)27-29-21(37)17-3-1-13-9-31(17)23(39)33(13)43-34-14-2-4-18(32(10-14)24(34)40)22(38)30-28-20(36)16-12-42-8-6-26-16/h13-18,25-26H,1-12H2,(H,27,35)(H,28,36)(H,29,37)(H,30,38)/t13-,14-,15+,16+,17-,18-/m1/s1. The fraction of sp³-hybridized carbons (Fsp3) is 0.750. The number of amides is 8. The predicted octanol–water partition coefficient (Wildman–Crippen LogP) is -4.36. The molecular formula is C24H36N10O9. The van der Waals surface area contributed by atoms with E-state index in [1.807, 2.05) is 0 Å². The molecule has 6 heterocycles. The van der Waals surface area contributed by atoms with Gasteiger partial charge in [-0.25, -0.2) is 9.59 Å². The van der Waals surface area contributed by atoms with Crippen LogP contribution in [0, 0.1) is 0 Å². The molecule has 6 aliphatic heterocycles. The maximum atomic E-state index is 13.3. The van der Waals surface area contributed by atoms with Gasteiger partial charge in [0.05, 0.1) is 38.5 Å². The summed E-state index contributed by atoms with van der Waals surface area (Å²) in [5, 5.41) is 8.21. The van der Waals surface area contributed by atoms with Gasteiger partial charge in [0.25, 0.3) is 23.6 Å². The lowest BCUT2D eigenvalue weighted by Gasteiger charge is -2.30. The number of carbonyl (C=O) groups is 6. The number of nitrogens with one attached hydrogen (secondary N) is 6. The molecule has 19 heteroatoms. The van der Waals surface area contributed by atoms with Crippen LogP contribution >= 0.6 is 0 Å². The number of fused-ring (bicyclic) bond motifs is 4. The van der Waals surface area contributed by atoms with E-state index in [9.17, 15) is 28.8 Å². The molecular weight excluding hydrogens is 572 g/mol. The number of hydrogen-bond donors (Lipinski definition) is 6. The highest BCUT2D eigenvalue weighted by Crippen LogP contribution is 2.35. The van der Waals surface area contributed by atoms with Crippen LogP contribution in [0.1, 0.15) is 25.7 Å². The zero-order valence-electron chi connectivity index (χ0n) is 23.4. The Bertz CT molecular complexity index is 1060. The van der Waals surface area contributed by atoms with Gasteiger partial charge >= 0.3 is 12.1 Å². The van der Waals surface area contributed by atoms with Gasteiger partial charge in [0.15, 0.2) is 0 Å². The number of nitrogens with zero attached hydrogens (tertiary/aromatic N) is 4. The van der Waals surface area contributed by atoms with Gasteiger partial charge in [0, 0.05) is 26.2 Å². The average Bonchev–Trinajstić information content (AvgIpc) is 3.42. The number of ether oxygens (including phenoxy) is 2. The summed E-state index contributed by atoms with van der Waals surface area (Å²) in [6.07, 6.45) is 1.55. The predicted molar refractivity (Wildman–Crippen MR) is 140 cm³/mol. The summed E-state index contributed by atoms with van der Waals surface area (Å²) in [5.41, 5.74) is 9.56. The molecule has 0 saturated carbocycles. The van der Waals surface area contributed by atoms with Gasteiger partial charge < -0.3 is 29.9 Å². The van der Waals surface area contributed by atoms with Crippen LogP contribution in [-0.2, 0) is 33.6 Å². The highest BCUT2D eigenvalue weighted by atomic mass is 16.9. The molecule has 6 aliphatic rings. The molecule has 8 amide bonds. The number of carbonyl (C=O) groups excluding carboxylic acids is 6. The molecule has 0 radical (unpaired) electrons. The third kappa shape index (κ3) is 5.90. The van der Waals surface area contributed by atoms with E-state index in [2.05, 4.69) is 32.3 Å². The van der Waals surface area contributed by atoms with E-state index < -0.39 is 59.9 Å².